The largest absolute Gasteiger partial charge is 0.467 e. The van der Waals surface area contributed by atoms with Crippen LogP contribution in [0.5, 0.6) is 0 Å². The number of ether oxygens (including phenoxy) is 3. The van der Waals surface area contributed by atoms with Crippen LogP contribution in [0, 0.1) is 5.92 Å². The van der Waals surface area contributed by atoms with Crippen LogP contribution < -0.4 is 0 Å². The molecule has 7 nitrogen and oxygen atoms in total. The Labute approximate surface area is 175 Å². The van der Waals surface area contributed by atoms with E-state index in [0.29, 0.717) is 22.6 Å². The maximum absolute atomic E-state index is 11.9. The van der Waals surface area contributed by atoms with E-state index in [0.717, 1.165) is 37.7 Å². The Balaban J connectivity index is 1.78. The number of aliphatic hydroxyl groups excluding tert-OH is 3. The zero-order valence-electron chi connectivity index (χ0n) is 16.7. The van der Waals surface area contributed by atoms with Gasteiger partial charge in [0.1, 0.15) is 24.4 Å². The fraction of sp³-hybridized carbons (Fsp3) is 0.667. The third-order valence-electron chi connectivity index (χ3n) is 6.08. The minimum atomic E-state index is -1.57. The molecule has 0 radical (unpaired) electrons. The van der Waals surface area contributed by atoms with Crippen LogP contribution in [0.1, 0.15) is 42.9 Å². The number of methoxy groups -OCH3 is 2. The predicted octanol–water partition coefficient (Wildman–Crippen LogP) is 1.78. The molecule has 5 atom stereocenters. The number of carbonyl (C=O) groups is 1. The van der Waals surface area contributed by atoms with E-state index in [2.05, 4.69) is 4.74 Å². The van der Waals surface area contributed by atoms with E-state index in [1.807, 2.05) is 6.07 Å². The molecule has 2 fully saturated rings. The standard InChI is InChI=1S/C21H29ClO7/c1-27-14-6-3-11(4-7-14)9-13-10-12(5-8-15(13)22)19-17(24)16(23)18(25)20(29-19)21(26)28-2/h5,8,10-11,14,16-20,23-25H,3-4,6-7,9H2,1-2H3/t11?,14?,16-,17-,18+,19+,20+/m1/s1. The van der Waals surface area contributed by atoms with Crippen molar-refractivity contribution in [2.24, 2.45) is 5.92 Å². The van der Waals surface area contributed by atoms with Crippen molar-refractivity contribution in [2.45, 2.75) is 68.7 Å². The molecule has 1 saturated carbocycles. The Hall–Kier alpha value is -1.22. The molecule has 2 aliphatic rings. The summed E-state index contributed by atoms with van der Waals surface area (Å²) in [5.41, 5.74) is 1.51. The highest BCUT2D eigenvalue weighted by atomic mass is 35.5. The molecule has 0 aromatic heterocycles. The molecule has 29 heavy (non-hydrogen) atoms. The van der Waals surface area contributed by atoms with Gasteiger partial charge in [-0.15, -0.1) is 0 Å². The van der Waals surface area contributed by atoms with Crippen molar-refractivity contribution in [3.63, 3.8) is 0 Å². The Morgan fingerprint density at radius 3 is 2.41 bits per heavy atom. The molecule has 1 heterocycles. The van der Waals surface area contributed by atoms with Crippen molar-refractivity contribution in [1.29, 1.82) is 0 Å². The maximum atomic E-state index is 11.9. The molecule has 3 N–H and O–H groups in total. The third kappa shape index (κ3) is 4.93. The van der Waals surface area contributed by atoms with Gasteiger partial charge in [0.2, 0.25) is 0 Å². The molecule has 1 aliphatic carbocycles. The summed E-state index contributed by atoms with van der Waals surface area (Å²) in [4.78, 5) is 11.9. The summed E-state index contributed by atoms with van der Waals surface area (Å²) in [5, 5.41) is 31.3. The number of esters is 1. The van der Waals surface area contributed by atoms with Gasteiger partial charge in [-0.05, 0) is 55.2 Å². The Kier molecular flexibility index (Phi) is 7.53. The first-order valence-corrected chi connectivity index (χ1v) is 10.3. The molecule has 1 saturated heterocycles. The number of hydrogen-bond acceptors (Lipinski definition) is 7. The normalized spacial score (nSPS) is 35.3. The molecule has 0 bridgehead atoms. The first-order valence-electron chi connectivity index (χ1n) is 9.94. The van der Waals surface area contributed by atoms with E-state index in [4.69, 9.17) is 21.1 Å². The second kappa shape index (κ2) is 9.73. The summed E-state index contributed by atoms with van der Waals surface area (Å²) in [5.74, 6) is -0.320. The van der Waals surface area contributed by atoms with Crippen molar-refractivity contribution in [3.05, 3.63) is 34.3 Å². The van der Waals surface area contributed by atoms with Crippen LogP contribution >= 0.6 is 11.6 Å². The first kappa shape index (κ1) is 22.5. The molecule has 1 aliphatic heterocycles. The van der Waals surface area contributed by atoms with E-state index < -0.39 is 36.5 Å². The van der Waals surface area contributed by atoms with E-state index in [1.54, 1.807) is 19.2 Å². The van der Waals surface area contributed by atoms with Gasteiger partial charge in [0.15, 0.2) is 6.10 Å². The average molecular weight is 429 g/mol. The van der Waals surface area contributed by atoms with Gasteiger partial charge in [0, 0.05) is 12.1 Å². The van der Waals surface area contributed by atoms with E-state index >= 15 is 0 Å². The fourth-order valence-corrected chi connectivity index (χ4v) is 4.47. The topological polar surface area (TPSA) is 105 Å². The number of benzene rings is 1. The molecule has 3 rings (SSSR count). The predicted molar refractivity (Wildman–Crippen MR) is 106 cm³/mol. The zero-order chi connectivity index (χ0) is 21.1. The lowest BCUT2D eigenvalue weighted by molar-refractivity contribution is -0.231. The maximum Gasteiger partial charge on any atom is 0.337 e. The second-order valence-electron chi connectivity index (χ2n) is 7.91. The molecule has 8 heteroatoms. The summed E-state index contributed by atoms with van der Waals surface area (Å²) in [6, 6.07) is 5.27. The number of rotatable bonds is 5. The van der Waals surface area contributed by atoms with Crippen molar-refractivity contribution in [3.8, 4) is 0 Å². The monoisotopic (exact) mass is 428 g/mol. The highest BCUT2D eigenvalue weighted by Gasteiger charge is 2.47. The lowest BCUT2D eigenvalue weighted by atomic mass is 9.82. The van der Waals surface area contributed by atoms with Crippen molar-refractivity contribution in [1.82, 2.24) is 0 Å². The molecule has 162 valence electrons. The van der Waals surface area contributed by atoms with Crippen LogP contribution in [0.15, 0.2) is 18.2 Å². The Bertz CT molecular complexity index is 704. The smallest absolute Gasteiger partial charge is 0.337 e. The van der Waals surface area contributed by atoms with Crippen LogP contribution in [0.3, 0.4) is 0 Å². The summed E-state index contributed by atoms with van der Waals surface area (Å²) in [7, 11) is 2.91. The fourth-order valence-electron chi connectivity index (χ4n) is 4.28. The lowest BCUT2D eigenvalue weighted by Gasteiger charge is -2.39. The summed E-state index contributed by atoms with van der Waals surface area (Å²) in [6.07, 6.45) is -1.62. The van der Waals surface area contributed by atoms with Crippen LogP contribution in [0.25, 0.3) is 0 Å². The molecule has 0 spiro atoms. The molecule has 1 aromatic rings. The van der Waals surface area contributed by atoms with Crippen molar-refractivity contribution < 1.29 is 34.3 Å². The molecule has 0 unspecified atom stereocenters. The van der Waals surface area contributed by atoms with E-state index in [9.17, 15) is 20.1 Å². The minimum Gasteiger partial charge on any atom is -0.467 e. The van der Waals surface area contributed by atoms with Gasteiger partial charge < -0.3 is 29.5 Å². The second-order valence-corrected chi connectivity index (χ2v) is 8.31. The molecule has 1 aromatic carbocycles. The van der Waals surface area contributed by atoms with Crippen molar-refractivity contribution in [2.75, 3.05) is 14.2 Å². The number of carbonyl (C=O) groups excluding carboxylic acids is 1. The van der Waals surface area contributed by atoms with Crippen LogP contribution in [0.2, 0.25) is 5.02 Å². The van der Waals surface area contributed by atoms with Gasteiger partial charge in [0.25, 0.3) is 0 Å². The van der Waals surface area contributed by atoms with Gasteiger partial charge in [-0.25, -0.2) is 4.79 Å². The molecule has 0 amide bonds. The van der Waals surface area contributed by atoms with Crippen LogP contribution in [0.4, 0.5) is 0 Å². The van der Waals surface area contributed by atoms with Gasteiger partial charge in [0.05, 0.1) is 13.2 Å². The minimum absolute atomic E-state index is 0.321. The third-order valence-corrected chi connectivity index (χ3v) is 6.45. The highest BCUT2D eigenvalue weighted by Crippen LogP contribution is 2.36. The van der Waals surface area contributed by atoms with Gasteiger partial charge in [-0.1, -0.05) is 23.7 Å². The zero-order valence-corrected chi connectivity index (χ0v) is 17.4. The summed E-state index contributed by atoms with van der Waals surface area (Å²) < 4.78 is 15.7. The number of hydrogen-bond donors (Lipinski definition) is 3. The van der Waals surface area contributed by atoms with Crippen molar-refractivity contribution >= 4 is 17.6 Å². The van der Waals surface area contributed by atoms with Gasteiger partial charge in [-0.2, -0.15) is 0 Å². The Morgan fingerprint density at radius 2 is 1.79 bits per heavy atom. The summed E-state index contributed by atoms with van der Waals surface area (Å²) in [6.45, 7) is 0. The number of aliphatic hydroxyl groups is 3. The van der Waals surface area contributed by atoms with Gasteiger partial charge >= 0.3 is 5.97 Å². The first-order chi connectivity index (χ1) is 13.8. The number of halogens is 1. The van der Waals surface area contributed by atoms with Gasteiger partial charge in [-0.3, -0.25) is 0 Å². The average Bonchev–Trinajstić information content (AvgIpc) is 2.74. The highest BCUT2D eigenvalue weighted by molar-refractivity contribution is 6.31. The summed E-state index contributed by atoms with van der Waals surface area (Å²) >= 11 is 6.41. The lowest BCUT2D eigenvalue weighted by Crippen LogP contribution is -2.56. The Morgan fingerprint density at radius 1 is 1.10 bits per heavy atom. The quantitative estimate of drug-likeness (QED) is 0.614. The SMILES string of the molecule is COC(=O)[C@H]1O[C@@H](c2ccc(Cl)c(CC3CCC(OC)CC3)c2)[C@H](O)[C@@H](O)[C@@H]1O. The van der Waals surface area contributed by atoms with E-state index in [-0.39, 0.29) is 0 Å². The van der Waals surface area contributed by atoms with Crippen LogP contribution in [-0.2, 0) is 25.4 Å². The van der Waals surface area contributed by atoms with Crippen LogP contribution in [-0.4, -0.2) is 66.0 Å². The molecular formula is C21H29ClO7. The van der Waals surface area contributed by atoms with E-state index in [1.165, 1.54) is 7.11 Å². The molecular weight excluding hydrogens is 400 g/mol.